The average Bonchev–Trinajstić information content (AvgIpc) is 3.27. The number of tetrazole rings is 1. The van der Waals surface area contributed by atoms with Gasteiger partial charge in [-0.3, -0.25) is 9.69 Å². The molecule has 0 atom stereocenters. The second-order valence-electron chi connectivity index (χ2n) is 7.12. The molecule has 0 radical (unpaired) electrons. The molecule has 1 aliphatic heterocycles. The van der Waals surface area contributed by atoms with Gasteiger partial charge in [0, 0.05) is 12.1 Å². The summed E-state index contributed by atoms with van der Waals surface area (Å²) >= 11 is 0. The van der Waals surface area contributed by atoms with E-state index in [4.69, 9.17) is 0 Å². The van der Waals surface area contributed by atoms with Gasteiger partial charge in [-0.15, -0.1) is 10.2 Å². The Morgan fingerprint density at radius 3 is 2.29 bits per heavy atom. The second kappa shape index (κ2) is 8.75. The van der Waals surface area contributed by atoms with Gasteiger partial charge in [0.25, 0.3) is 5.91 Å². The van der Waals surface area contributed by atoms with Crippen molar-refractivity contribution >= 4 is 5.91 Å². The Bertz CT molecular complexity index is 884. The van der Waals surface area contributed by atoms with Gasteiger partial charge in [0.05, 0.1) is 6.54 Å². The predicted molar refractivity (Wildman–Crippen MR) is 106 cm³/mol. The number of carbonyl (C=O) groups is 1. The molecule has 0 saturated carbocycles. The van der Waals surface area contributed by atoms with Crippen molar-refractivity contribution in [1.29, 1.82) is 0 Å². The minimum Gasteiger partial charge on any atom is -0.345 e. The number of likely N-dealkylation sites (tertiary alicyclic amines) is 1. The van der Waals surface area contributed by atoms with Crippen LogP contribution in [-0.4, -0.2) is 44.5 Å². The molecule has 1 fully saturated rings. The number of nitrogens with one attached hydrogen (secondary N) is 2. The van der Waals surface area contributed by atoms with Crippen LogP contribution in [0, 0.1) is 0 Å². The van der Waals surface area contributed by atoms with Crippen molar-refractivity contribution in [2.45, 2.75) is 32.4 Å². The lowest BCUT2D eigenvalue weighted by atomic mass is 10.0. The Balaban J connectivity index is 1.35. The lowest BCUT2D eigenvalue weighted by Gasteiger charge is -2.26. The van der Waals surface area contributed by atoms with Gasteiger partial charge in [-0.1, -0.05) is 48.0 Å². The number of H-pyrrole nitrogens is 1. The van der Waals surface area contributed by atoms with Crippen molar-refractivity contribution < 1.29 is 4.79 Å². The third-order valence-corrected chi connectivity index (χ3v) is 5.09. The van der Waals surface area contributed by atoms with Crippen LogP contribution >= 0.6 is 0 Å². The number of hydrogen-bond donors (Lipinski definition) is 2. The van der Waals surface area contributed by atoms with Crippen LogP contribution in [0.3, 0.4) is 0 Å². The Hall–Kier alpha value is -3.06. The van der Waals surface area contributed by atoms with E-state index in [0.717, 1.165) is 17.7 Å². The first-order chi connectivity index (χ1) is 13.8. The number of hydrogen-bond acceptors (Lipinski definition) is 5. The molecule has 1 amide bonds. The van der Waals surface area contributed by atoms with Crippen LogP contribution in [0.2, 0.25) is 0 Å². The molecular weight excluding hydrogens is 352 g/mol. The van der Waals surface area contributed by atoms with E-state index < -0.39 is 0 Å². The topological polar surface area (TPSA) is 86.8 Å². The summed E-state index contributed by atoms with van der Waals surface area (Å²) in [6, 6.07) is 16.3. The number of aromatic nitrogens is 4. The summed E-state index contributed by atoms with van der Waals surface area (Å²) in [5.74, 6) is 0.294. The lowest BCUT2D eigenvalue weighted by molar-refractivity contribution is 0.0950. The summed E-state index contributed by atoms with van der Waals surface area (Å²) in [4.78, 5) is 14.7. The van der Waals surface area contributed by atoms with E-state index in [1.807, 2.05) is 24.3 Å². The molecule has 2 heterocycles. The van der Waals surface area contributed by atoms with Crippen molar-refractivity contribution in [2.75, 3.05) is 13.1 Å². The van der Waals surface area contributed by atoms with Crippen LogP contribution in [0.25, 0.3) is 11.1 Å². The maximum atomic E-state index is 12.2. The molecule has 7 heteroatoms. The molecule has 1 aromatic heterocycles. The third kappa shape index (κ3) is 4.61. The van der Waals surface area contributed by atoms with E-state index in [1.165, 1.54) is 37.9 Å². The number of piperidine rings is 1. The van der Waals surface area contributed by atoms with Crippen molar-refractivity contribution in [2.24, 2.45) is 0 Å². The van der Waals surface area contributed by atoms with Crippen LogP contribution in [0.1, 0.15) is 41.0 Å². The van der Waals surface area contributed by atoms with Gasteiger partial charge >= 0.3 is 0 Å². The van der Waals surface area contributed by atoms with Crippen molar-refractivity contribution in [3.8, 4) is 11.1 Å². The molecule has 2 aromatic carbocycles. The van der Waals surface area contributed by atoms with Gasteiger partial charge in [0.15, 0.2) is 5.82 Å². The molecule has 0 aliphatic carbocycles. The number of aromatic amines is 1. The van der Waals surface area contributed by atoms with Crippen LogP contribution < -0.4 is 5.32 Å². The summed E-state index contributed by atoms with van der Waals surface area (Å²) < 4.78 is 0. The minimum absolute atomic E-state index is 0.159. The van der Waals surface area contributed by atoms with Gasteiger partial charge in [0.2, 0.25) is 0 Å². The summed E-state index contributed by atoms with van der Waals surface area (Å²) in [6.45, 7) is 3.69. The molecule has 0 unspecified atom stereocenters. The number of carbonyl (C=O) groups excluding carboxylic acids is 1. The SMILES string of the molecule is O=C(NCc1nn[nH]n1)c1ccc(-c2ccc(CN3CCCCC3)cc2)cc1. The van der Waals surface area contributed by atoms with Crippen molar-refractivity contribution in [1.82, 2.24) is 30.8 Å². The average molecular weight is 376 g/mol. The summed E-state index contributed by atoms with van der Waals surface area (Å²) in [5, 5.41) is 16.2. The molecule has 144 valence electrons. The zero-order chi connectivity index (χ0) is 19.2. The smallest absolute Gasteiger partial charge is 0.251 e. The fourth-order valence-electron chi connectivity index (χ4n) is 3.51. The Morgan fingerprint density at radius 2 is 1.64 bits per heavy atom. The van der Waals surface area contributed by atoms with E-state index in [9.17, 15) is 4.79 Å². The molecule has 1 saturated heterocycles. The van der Waals surface area contributed by atoms with Gasteiger partial charge in [-0.2, -0.15) is 5.21 Å². The highest BCUT2D eigenvalue weighted by Gasteiger charge is 2.11. The van der Waals surface area contributed by atoms with Crippen LogP contribution in [0.5, 0.6) is 0 Å². The molecule has 2 N–H and O–H groups in total. The third-order valence-electron chi connectivity index (χ3n) is 5.09. The Labute approximate surface area is 164 Å². The van der Waals surface area contributed by atoms with E-state index in [2.05, 4.69) is 55.1 Å². The lowest BCUT2D eigenvalue weighted by Crippen LogP contribution is -2.28. The zero-order valence-corrected chi connectivity index (χ0v) is 15.8. The van der Waals surface area contributed by atoms with Gasteiger partial charge in [0.1, 0.15) is 0 Å². The number of rotatable bonds is 6. The normalized spacial score (nSPS) is 14.7. The summed E-state index contributed by atoms with van der Waals surface area (Å²) in [6.07, 6.45) is 3.99. The predicted octanol–water partition coefficient (Wildman–Crippen LogP) is 2.78. The molecule has 7 nitrogen and oxygen atoms in total. The highest BCUT2D eigenvalue weighted by molar-refractivity contribution is 5.94. The van der Waals surface area contributed by atoms with Crippen LogP contribution in [0.4, 0.5) is 0 Å². The molecular formula is C21H24N6O. The summed E-state index contributed by atoms with van der Waals surface area (Å²) in [7, 11) is 0. The fourth-order valence-corrected chi connectivity index (χ4v) is 3.51. The highest BCUT2D eigenvalue weighted by Crippen LogP contribution is 2.21. The van der Waals surface area contributed by atoms with Crippen LogP contribution in [0.15, 0.2) is 48.5 Å². The molecule has 0 spiro atoms. The largest absolute Gasteiger partial charge is 0.345 e. The minimum atomic E-state index is -0.159. The summed E-state index contributed by atoms with van der Waals surface area (Å²) in [5.41, 5.74) is 4.21. The highest BCUT2D eigenvalue weighted by atomic mass is 16.1. The fraction of sp³-hybridized carbons (Fsp3) is 0.333. The number of benzene rings is 2. The van der Waals surface area contributed by atoms with Crippen LogP contribution in [-0.2, 0) is 13.1 Å². The van der Waals surface area contributed by atoms with Crippen molar-refractivity contribution in [3.05, 3.63) is 65.5 Å². The number of amides is 1. The van der Waals surface area contributed by atoms with E-state index in [-0.39, 0.29) is 12.5 Å². The molecule has 4 rings (SSSR count). The second-order valence-corrected chi connectivity index (χ2v) is 7.12. The van der Waals surface area contributed by atoms with E-state index >= 15 is 0 Å². The standard InChI is InChI=1S/C21H24N6O/c28-21(22-14-20-23-25-26-24-20)19-10-8-18(9-11-19)17-6-4-16(5-7-17)15-27-12-2-1-3-13-27/h4-11H,1-3,12-15H2,(H,22,28)(H,23,24,25,26). The van der Waals surface area contributed by atoms with E-state index in [0.29, 0.717) is 11.4 Å². The Kier molecular flexibility index (Phi) is 5.72. The maximum absolute atomic E-state index is 12.2. The van der Waals surface area contributed by atoms with Gasteiger partial charge in [-0.25, -0.2) is 0 Å². The first kappa shape index (κ1) is 18.3. The Morgan fingerprint density at radius 1 is 0.964 bits per heavy atom. The number of nitrogens with zero attached hydrogens (tertiary/aromatic N) is 4. The molecule has 3 aromatic rings. The molecule has 0 bridgehead atoms. The quantitative estimate of drug-likeness (QED) is 0.691. The monoisotopic (exact) mass is 376 g/mol. The van der Waals surface area contributed by atoms with Gasteiger partial charge < -0.3 is 5.32 Å². The van der Waals surface area contributed by atoms with Gasteiger partial charge in [-0.05, 0) is 54.8 Å². The molecule has 28 heavy (non-hydrogen) atoms. The first-order valence-electron chi connectivity index (χ1n) is 9.70. The zero-order valence-electron chi connectivity index (χ0n) is 15.8. The molecule has 1 aliphatic rings. The van der Waals surface area contributed by atoms with E-state index in [1.54, 1.807) is 0 Å². The van der Waals surface area contributed by atoms with Crippen molar-refractivity contribution in [3.63, 3.8) is 0 Å². The first-order valence-corrected chi connectivity index (χ1v) is 9.70. The maximum Gasteiger partial charge on any atom is 0.251 e.